The fourth-order valence-corrected chi connectivity index (χ4v) is 2.35. The highest BCUT2D eigenvalue weighted by atomic mass is 19.3. The van der Waals surface area contributed by atoms with E-state index in [1.807, 2.05) is 0 Å². The monoisotopic (exact) mass is 280 g/mol. The largest absolute Gasteiger partial charge is 0.435 e. The van der Waals surface area contributed by atoms with Crippen LogP contribution in [0.4, 0.5) is 8.78 Å². The van der Waals surface area contributed by atoms with Crippen molar-refractivity contribution >= 4 is 5.91 Å². The minimum atomic E-state index is -2.94. The SMILES string of the molecule is N#CC1(NC(=O)c2cccc(OC(F)F)c2)CCCC1. The first-order valence-electron chi connectivity index (χ1n) is 6.33. The topological polar surface area (TPSA) is 62.1 Å². The van der Waals surface area contributed by atoms with Crippen molar-refractivity contribution in [2.24, 2.45) is 0 Å². The summed E-state index contributed by atoms with van der Waals surface area (Å²) in [6, 6.07) is 7.68. The van der Waals surface area contributed by atoms with E-state index in [0.717, 1.165) is 12.8 Å². The van der Waals surface area contributed by atoms with Crippen LogP contribution in [0, 0.1) is 11.3 Å². The Labute approximate surface area is 115 Å². The van der Waals surface area contributed by atoms with Crippen molar-refractivity contribution in [3.05, 3.63) is 29.8 Å². The number of amides is 1. The molecule has 1 fully saturated rings. The number of rotatable bonds is 4. The maximum absolute atomic E-state index is 12.1. The van der Waals surface area contributed by atoms with Gasteiger partial charge in [-0.15, -0.1) is 0 Å². The van der Waals surface area contributed by atoms with Crippen molar-refractivity contribution in [1.29, 1.82) is 5.26 Å². The first-order valence-corrected chi connectivity index (χ1v) is 6.33. The fraction of sp³-hybridized carbons (Fsp3) is 0.429. The molecule has 1 aromatic carbocycles. The summed E-state index contributed by atoms with van der Waals surface area (Å²) < 4.78 is 28.5. The van der Waals surface area contributed by atoms with Gasteiger partial charge in [0, 0.05) is 5.56 Å². The molecule has 4 nitrogen and oxygen atoms in total. The summed E-state index contributed by atoms with van der Waals surface area (Å²) in [5, 5.41) is 11.9. The van der Waals surface area contributed by atoms with Gasteiger partial charge in [0.25, 0.3) is 5.91 Å². The Hall–Kier alpha value is -2.16. The summed E-state index contributed by atoms with van der Waals surface area (Å²) in [5.41, 5.74) is -0.638. The molecule has 1 aliphatic rings. The number of benzene rings is 1. The number of carbonyl (C=O) groups is 1. The normalized spacial score (nSPS) is 16.7. The van der Waals surface area contributed by atoms with Crippen LogP contribution in [0.3, 0.4) is 0 Å². The Balaban J connectivity index is 2.11. The summed E-state index contributed by atoms with van der Waals surface area (Å²) in [6.45, 7) is -2.94. The average Bonchev–Trinajstić information content (AvgIpc) is 2.87. The number of nitriles is 1. The van der Waals surface area contributed by atoms with E-state index in [9.17, 15) is 18.8 Å². The van der Waals surface area contributed by atoms with Crippen molar-refractivity contribution in [3.8, 4) is 11.8 Å². The van der Waals surface area contributed by atoms with Crippen LogP contribution in [0.2, 0.25) is 0 Å². The smallest absolute Gasteiger partial charge is 0.387 e. The zero-order chi connectivity index (χ0) is 14.6. The van der Waals surface area contributed by atoms with Crippen molar-refractivity contribution < 1.29 is 18.3 Å². The first-order chi connectivity index (χ1) is 9.54. The van der Waals surface area contributed by atoms with Crippen molar-refractivity contribution in [3.63, 3.8) is 0 Å². The third kappa shape index (κ3) is 3.23. The van der Waals surface area contributed by atoms with Crippen LogP contribution in [0.15, 0.2) is 24.3 Å². The highest BCUT2D eigenvalue weighted by Crippen LogP contribution is 2.29. The zero-order valence-electron chi connectivity index (χ0n) is 10.7. The van der Waals surface area contributed by atoms with E-state index in [4.69, 9.17) is 0 Å². The van der Waals surface area contributed by atoms with Crippen LogP contribution in [-0.2, 0) is 0 Å². The number of halogens is 2. The maximum Gasteiger partial charge on any atom is 0.387 e. The Bertz CT molecular complexity index is 534. The number of hydrogen-bond acceptors (Lipinski definition) is 3. The van der Waals surface area contributed by atoms with E-state index < -0.39 is 18.1 Å². The Kier molecular flexibility index (Phi) is 4.18. The number of nitrogens with zero attached hydrogens (tertiary/aromatic N) is 1. The molecule has 1 aliphatic carbocycles. The molecule has 0 bridgehead atoms. The third-order valence-corrected chi connectivity index (χ3v) is 3.35. The van der Waals surface area contributed by atoms with Crippen molar-refractivity contribution in [2.75, 3.05) is 0 Å². The molecule has 0 unspecified atom stereocenters. The van der Waals surface area contributed by atoms with Crippen LogP contribution >= 0.6 is 0 Å². The minimum Gasteiger partial charge on any atom is -0.435 e. The van der Waals surface area contributed by atoms with Gasteiger partial charge in [0.15, 0.2) is 0 Å². The number of alkyl halides is 2. The van der Waals surface area contributed by atoms with E-state index in [2.05, 4.69) is 16.1 Å². The molecule has 1 amide bonds. The van der Waals surface area contributed by atoms with E-state index in [1.165, 1.54) is 24.3 Å². The van der Waals surface area contributed by atoms with Crippen molar-refractivity contribution in [2.45, 2.75) is 37.8 Å². The number of carbonyl (C=O) groups excluding carboxylic acids is 1. The predicted octanol–water partition coefficient (Wildman–Crippen LogP) is 2.85. The predicted molar refractivity (Wildman–Crippen MR) is 67.4 cm³/mol. The van der Waals surface area contributed by atoms with Gasteiger partial charge in [-0.1, -0.05) is 6.07 Å². The quantitative estimate of drug-likeness (QED) is 0.922. The summed E-state index contributed by atoms with van der Waals surface area (Å²) in [5.74, 6) is -0.529. The van der Waals surface area contributed by atoms with Crippen LogP contribution in [0.1, 0.15) is 36.0 Å². The number of ether oxygens (including phenoxy) is 1. The third-order valence-electron chi connectivity index (χ3n) is 3.35. The molecule has 106 valence electrons. The minimum absolute atomic E-state index is 0.0786. The van der Waals surface area contributed by atoms with Crippen LogP contribution < -0.4 is 10.1 Å². The zero-order valence-corrected chi connectivity index (χ0v) is 10.7. The molecular weight excluding hydrogens is 266 g/mol. The molecule has 20 heavy (non-hydrogen) atoms. The van der Waals surface area contributed by atoms with Crippen LogP contribution in [0.25, 0.3) is 0 Å². The van der Waals surface area contributed by atoms with Gasteiger partial charge in [-0.05, 0) is 43.9 Å². The molecule has 1 N–H and O–H groups in total. The van der Waals surface area contributed by atoms with Gasteiger partial charge in [-0.25, -0.2) is 0 Å². The lowest BCUT2D eigenvalue weighted by Crippen LogP contribution is -2.45. The standard InChI is InChI=1S/C14H14F2N2O2/c15-13(16)20-11-5-3-4-10(8-11)12(19)18-14(9-17)6-1-2-7-14/h3-5,8,13H,1-2,6-7H2,(H,18,19). The second kappa shape index (κ2) is 5.87. The lowest BCUT2D eigenvalue weighted by atomic mass is 9.99. The molecule has 0 aromatic heterocycles. The number of nitrogens with one attached hydrogen (secondary N) is 1. The lowest BCUT2D eigenvalue weighted by Gasteiger charge is -2.22. The van der Waals surface area contributed by atoms with E-state index >= 15 is 0 Å². The molecule has 2 rings (SSSR count). The highest BCUT2D eigenvalue weighted by Gasteiger charge is 2.35. The Morgan fingerprint density at radius 3 is 2.70 bits per heavy atom. The molecule has 0 radical (unpaired) electrons. The molecule has 0 spiro atoms. The summed E-state index contributed by atoms with van der Waals surface area (Å²) in [7, 11) is 0. The second-order valence-corrected chi connectivity index (χ2v) is 4.76. The lowest BCUT2D eigenvalue weighted by molar-refractivity contribution is -0.0498. The Morgan fingerprint density at radius 2 is 2.10 bits per heavy atom. The molecule has 0 aliphatic heterocycles. The van der Waals surface area contributed by atoms with Crippen molar-refractivity contribution in [1.82, 2.24) is 5.32 Å². The van der Waals surface area contributed by atoms with Gasteiger partial charge in [-0.2, -0.15) is 14.0 Å². The summed E-state index contributed by atoms with van der Waals surface area (Å²) >= 11 is 0. The van der Waals surface area contributed by atoms with Crippen LogP contribution in [-0.4, -0.2) is 18.1 Å². The molecular formula is C14H14F2N2O2. The maximum atomic E-state index is 12.1. The molecule has 6 heteroatoms. The fourth-order valence-electron chi connectivity index (χ4n) is 2.35. The average molecular weight is 280 g/mol. The van der Waals surface area contributed by atoms with E-state index in [-0.39, 0.29) is 11.3 Å². The molecule has 0 saturated heterocycles. The van der Waals surface area contributed by atoms with Gasteiger partial charge in [0.05, 0.1) is 6.07 Å². The van der Waals surface area contributed by atoms with Gasteiger partial charge in [-0.3, -0.25) is 4.79 Å². The van der Waals surface area contributed by atoms with E-state index in [1.54, 1.807) is 0 Å². The summed E-state index contributed by atoms with van der Waals surface area (Å²) in [4.78, 5) is 12.1. The second-order valence-electron chi connectivity index (χ2n) is 4.76. The first kappa shape index (κ1) is 14.3. The molecule has 1 saturated carbocycles. The molecule has 1 aromatic rings. The summed E-state index contributed by atoms with van der Waals surface area (Å²) in [6.07, 6.45) is 3.01. The molecule has 0 atom stereocenters. The van der Waals surface area contributed by atoms with Crippen LogP contribution in [0.5, 0.6) is 5.75 Å². The van der Waals surface area contributed by atoms with Gasteiger partial charge >= 0.3 is 6.61 Å². The van der Waals surface area contributed by atoms with Gasteiger partial charge in [0.1, 0.15) is 11.3 Å². The number of hydrogen-bond donors (Lipinski definition) is 1. The highest BCUT2D eigenvalue weighted by molar-refractivity contribution is 5.95. The van der Waals surface area contributed by atoms with E-state index in [0.29, 0.717) is 12.8 Å². The molecule has 0 heterocycles. The van der Waals surface area contributed by atoms with Gasteiger partial charge < -0.3 is 10.1 Å². The Morgan fingerprint density at radius 1 is 1.40 bits per heavy atom. The van der Waals surface area contributed by atoms with Gasteiger partial charge in [0.2, 0.25) is 0 Å².